The molecule has 0 unspecified atom stereocenters. The van der Waals surface area contributed by atoms with Crippen LogP contribution in [0.15, 0.2) is 54.7 Å². The molecule has 3 atom stereocenters. The minimum absolute atomic E-state index is 0.00193. The number of carbonyl (C=O) groups excluding carboxylic acids is 3. The van der Waals surface area contributed by atoms with Crippen molar-refractivity contribution in [2.75, 3.05) is 59.1 Å². The lowest BCUT2D eigenvalue weighted by molar-refractivity contribution is -0.142. The van der Waals surface area contributed by atoms with Crippen LogP contribution in [0, 0.1) is 0 Å². The molecule has 4 aliphatic rings. The van der Waals surface area contributed by atoms with Gasteiger partial charge in [0.1, 0.15) is 30.6 Å². The Morgan fingerprint density at radius 3 is 2.56 bits per heavy atom. The van der Waals surface area contributed by atoms with Crippen molar-refractivity contribution in [3.05, 3.63) is 77.1 Å². The summed E-state index contributed by atoms with van der Waals surface area (Å²) in [6, 6.07) is 11.5. The van der Waals surface area contributed by atoms with Crippen LogP contribution >= 0.6 is 0 Å². The first-order valence-corrected chi connectivity index (χ1v) is 16.7. The molecule has 50 heavy (non-hydrogen) atoms. The fourth-order valence-corrected chi connectivity index (χ4v) is 6.98. The number of alkyl halides is 3. The second-order valence-electron chi connectivity index (χ2n) is 13.0. The molecule has 0 N–H and O–H groups in total. The van der Waals surface area contributed by atoms with Gasteiger partial charge >= 0.3 is 6.18 Å². The molecule has 3 saturated heterocycles. The van der Waals surface area contributed by atoms with E-state index in [1.165, 1.54) is 15.6 Å². The largest absolute Gasteiger partial charge is 0.491 e. The molecule has 0 bridgehead atoms. The second kappa shape index (κ2) is 14.4. The van der Waals surface area contributed by atoms with Crippen molar-refractivity contribution in [3.8, 4) is 5.75 Å². The van der Waals surface area contributed by atoms with Crippen LogP contribution in [-0.2, 0) is 44.9 Å². The number of hydrogen-bond donors (Lipinski definition) is 0. The van der Waals surface area contributed by atoms with Crippen LogP contribution < -0.4 is 4.74 Å². The SMILES string of the molecule is O=C(Cn1cc(CO[C@@H]2C[C@H]3C(=O)N4CCN(Cc5ccccc5)C[C@H]4COc4ccc(C(F)(F)F)cc4C(=O)N3C2)nn1)N1CCOCC1. The van der Waals surface area contributed by atoms with E-state index < -0.39 is 35.8 Å². The van der Waals surface area contributed by atoms with Crippen molar-refractivity contribution in [2.24, 2.45) is 0 Å². The third-order valence-corrected chi connectivity index (χ3v) is 9.59. The second-order valence-corrected chi connectivity index (χ2v) is 13.0. The summed E-state index contributed by atoms with van der Waals surface area (Å²) in [6.07, 6.45) is -3.53. The van der Waals surface area contributed by atoms with Gasteiger partial charge in [-0.25, -0.2) is 4.68 Å². The van der Waals surface area contributed by atoms with Crippen molar-refractivity contribution >= 4 is 17.7 Å². The fourth-order valence-electron chi connectivity index (χ4n) is 6.98. The zero-order chi connectivity index (χ0) is 34.8. The highest BCUT2D eigenvalue weighted by molar-refractivity contribution is 6.00. The minimum Gasteiger partial charge on any atom is -0.491 e. The number of nitrogens with zero attached hydrogens (tertiary/aromatic N) is 7. The predicted octanol–water partition coefficient (Wildman–Crippen LogP) is 2.06. The molecule has 3 amide bonds. The zero-order valence-corrected chi connectivity index (χ0v) is 27.3. The number of rotatable bonds is 7. The summed E-state index contributed by atoms with van der Waals surface area (Å²) in [7, 11) is 0. The van der Waals surface area contributed by atoms with Crippen LogP contribution in [0.5, 0.6) is 5.75 Å². The molecule has 0 saturated carbocycles. The molecule has 2 aromatic carbocycles. The van der Waals surface area contributed by atoms with E-state index in [1.54, 1.807) is 16.0 Å². The lowest BCUT2D eigenvalue weighted by Crippen LogP contribution is -2.61. The molecule has 5 heterocycles. The molecular formula is C34H38F3N7O6. The van der Waals surface area contributed by atoms with Crippen molar-refractivity contribution < 1.29 is 41.8 Å². The monoisotopic (exact) mass is 697 g/mol. The molecule has 0 spiro atoms. The van der Waals surface area contributed by atoms with Crippen LogP contribution in [0.4, 0.5) is 13.2 Å². The van der Waals surface area contributed by atoms with Crippen LogP contribution in [0.3, 0.4) is 0 Å². The number of benzene rings is 2. The number of halogens is 3. The first-order chi connectivity index (χ1) is 24.1. The van der Waals surface area contributed by atoms with E-state index >= 15 is 0 Å². The van der Waals surface area contributed by atoms with Gasteiger partial charge in [-0.15, -0.1) is 5.10 Å². The standard InChI is InChI=1S/C34H38F3N7O6/c35-34(36,37)24-6-7-30-28(14-24)32(46)44-19-27(49-21-25-17-42(39-38-25)20-31(45)41-10-12-48-13-11-41)15-29(44)33(47)43-9-8-40(18-26(43)22-50-30)16-23-4-2-1-3-5-23/h1-7,14,17,26-27,29H,8-13,15-16,18-22H2/t26-,27+,29-/m0/s1. The Balaban J connectivity index is 1.09. The fraction of sp³-hybridized carbons (Fsp3) is 0.500. The summed E-state index contributed by atoms with van der Waals surface area (Å²) in [4.78, 5) is 47.8. The Kier molecular flexibility index (Phi) is 9.75. The van der Waals surface area contributed by atoms with E-state index in [-0.39, 0.29) is 55.9 Å². The van der Waals surface area contributed by atoms with Crippen molar-refractivity contribution in [3.63, 3.8) is 0 Å². The number of ether oxygens (including phenoxy) is 3. The van der Waals surface area contributed by atoms with Gasteiger partial charge in [0, 0.05) is 52.2 Å². The molecule has 0 aliphatic carbocycles. The normalized spacial score (nSPS) is 23.3. The van der Waals surface area contributed by atoms with Crippen LogP contribution in [-0.4, -0.2) is 130 Å². The van der Waals surface area contributed by atoms with E-state index in [9.17, 15) is 27.6 Å². The number of amides is 3. The Hall–Kier alpha value is -4.54. The van der Waals surface area contributed by atoms with Gasteiger partial charge < -0.3 is 28.9 Å². The summed E-state index contributed by atoms with van der Waals surface area (Å²) in [6.45, 7) is 4.15. The number of morpholine rings is 1. The third kappa shape index (κ3) is 7.46. The molecule has 3 fully saturated rings. The molecule has 3 aromatic rings. The van der Waals surface area contributed by atoms with E-state index in [2.05, 4.69) is 15.2 Å². The number of fused-ring (bicyclic) bond motifs is 3. The first-order valence-electron chi connectivity index (χ1n) is 16.7. The van der Waals surface area contributed by atoms with Gasteiger partial charge in [0.2, 0.25) is 11.8 Å². The first kappa shape index (κ1) is 33.9. The summed E-state index contributed by atoms with van der Waals surface area (Å²) in [5.41, 5.74) is 0.336. The molecule has 4 aliphatic heterocycles. The van der Waals surface area contributed by atoms with Crippen molar-refractivity contribution in [1.82, 2.24) is 34.6 Å². The number of aromatic nitrogens is 3. The highest BCUT2D eigenvalue weighted by Crippen LogP contribution is 2.36. The average molecular weight is 698 g/mol. The third-order valence-electron chi connectivity index (χ3n) is 9.59. The quantitative estimate of drug-likeness (QED) is 0.365. The Labute approximate surface area is 286 Å². The smallest absolute Gasteiger partial charge is 0.416 e. The minimum atomic E-state index is -4.68. The Bertz CT molecular complexity index is 1700. The van der Waals surface area contributed by atoms with Crippen LogP contribution in [0.25, 0.3) is 0 Å². The van der Waals surface area contributed by atoms with Crippen LogP contribution in [0.2, 0.25) is 0 Å². The topological polar surface area (TPSA) is 123 Å². The lowest BCUT2D eigenvalue weighted by Gasteiger charge is -2.43. The van der Waals surface area contributed by atoms with Gasteiger partial charge in [-0.05, 0) is 23.8 Å². The van der Waals surface area contributed by atoms with Gasteiger partial charge in [0.15, 0.2) is 0 Å². The maximum atomic E-state index is 14.2. The molecular weight excluding hydrogens is 659 g/mol. The van der Waals surface area contributed by atoms with E-state index in [1.807, 2.05) is 30.3 Å². The zero-order valence-electron chi connectivity index (χ0n) is 27.3. The lowest BCUT2D eigenvalue weighted by atomic mass is 10.0. The van der Waals surface area contributed by atoms with Crippen LogP contribution in [0.1, 0.15) is 33.6 Å². The molecule has 13 nitrogen and oxygen atoms in total. The molecule has 1 aromatic heterocycles. The predicted molar refractivity (Wildman–Crippen MR) is 170 cm³/mol. The highest BCUT2D eigenvalue weighted by Gasteiger charge is 2.46. The van der Waals surface area contributed by atoms with Gasteiger partial charge in [0.05, 0.1) is 49.3 Å². The maximum absolute atomic E-state index is 14.2. The van der Waals surface area contributed by atoms with Crippen molar-refractivity contribution in [1.29, 1.82) is 0 Å². The van der Waals surface area contributed by atoms with Gasteiger partial charge in [-0.2, -0.15) is 13.2 Å². The van der Waals surface area contributed by atoms with Gasteiger partial charge in [-0.3, -0.25) is 19.3 Å². The highest BCUT2D eigenvalue weighted by atomic mass is 19.4. The molecule has 0 radical (unpaired) electrons. The average Bonchev–Trinajstić information content (AvgIpc) is 3.76. The van der Waals surface area contributed by atoms with Crippen molar-refractivity contribution in [2.45, 2.75) is 50.5 Å². The number of piperazine rings is 1. The molecule has 16 heteroatoms. The summed E-state index contributed by atoms with van der Waals surface area (Å²) in [5.74, 6) is -1.10. The molecule has 266 valence electrons. The number of carbonyl (C=O) groups is 3. The van der Waals surface area contributed by atoms with Gasteiger partial charge in [-0.1, -0.05) is 35.5 Å². The van der Waals surface area contributed by atoms with E-state index in [0.717, 1.165) is 17.7 Å². The Morgan fingerprint density at radius 2 is 1.78 bits per heavy atom. The van der Waals surface area contributed by atoms with E-state index in [0.29, 0.717) is 58.2 Å². The summed E-state index contributed by atoms with van der Waals surface area (Å²) < 4.78 is 60.3. The van der Waals surface area contributed by atoms with E-state index in [4.69, 9.17) is 14.2 Å². The summed E-state index contributed by atoms with van der Waals surface area (Å²) in [5, 5.41) is 8.15. The number of hydrogen-bond acceptors (Lipinski definition) is 9. The molecule has 7 rings (SSSR count). The summed E-state index contributed by atoms with van der Waals surface area (Å²) >= 11 is 0. The maximum Gasteiger partial charge on any atom is 0.416 e. The Morgan fingerprint density at radius 1 is 0.980 bits per heavy atom. The van der Waals surface area contributed by atoms with Gasteiger partial charge in [0.25, 0.3) is 5.91 Å².